The van der Waals surface area contributed by atoms with Crippen molar-refractivity contribution < 1.29 is 19.7 Å². The number of aliphatic hydroxyl groups is 2. The Labute approximate surface area is 157 Å². The first-order valence-corrected chi connectivity index (χ1v) is 10.4. The summed E-state index contributed by atoms with van der Waals surface area (Å²) in [5.41, 5.74) is 1.11. The van der Waals surface area contributed by atoms with Crippen LogP contribution in [0.4, 0.5) is 0 Å². The van der Waals surface area contributed by atoms with Gasteiger partial charge in [-0.2, -0.15) is 0 Å². The van der Waals surface area contributed by atoms with Crippen LogP contribution < -0.4 is 0 Å². The molecule has 0 radical (unpaired) electrons. The standard InChI is InChI=1S/C22H34O4/c1-14(25)26-19-9-18-20(2,13-24)7-4-8-21(18,3)17-6-5-15-10-22(17,19)11-16(15)12-23/h11,15,17-19,23-24H,4-10,12-13H2,1-3H3/t15-,17+,18-,19+,20-,21+,22-/m1/s1. The number of fused-ring (bicyclic) bond motifs is 3. The second-order valence-electron chi connectivity index (χ2n) is 10.1. The molecule has 0 heterocycles. The molecule has 0 aromatic rings. The molecule has 4 aliphatic carbocycles. The molecular formula is C22H34O4. The maximum absolute atomic E-state index is 11.9. The maximum Gasteiger partial charge on any atom is 0.302 e. The summed E-state index contributed by atoms with van der Waals surface area (Å²) >= 11 is 0. The lowest BCUT2D eigenvalue weighted by Gasteiger charge is -2.65. The minimum absolute atomic E-state index is 0.0913. The van der Waals surface area contributed by atoms with E-state index in [2.05, 4.69) is 19.9 Å². The number of carbonyl (C=O) groups is 1. The number of aliphatic hydroxyl groups excluding tert-OH is 2. The summed E-state index contributed by atoms with van der Waals surface area (Å²) in [7, 11) is 0. The molecule has 0 aromatic carbocycles. The summed E-state index contributed by atoms with van der Waals surface area (Å²) < 4.78 is 5.96. The number of hydrogen-bond acceptors (Lipinski definition) is 4. The molecule has 3 fully saturated rings. The fourth-order valence-electron chi connectivity index (χ4n) is 7.78. The normalized spacial score (nSPS) is 49.8. The van der Waals surface area contributed by atoms with Gasteiger partial charge in [-0.3, -0.25) is 4.79 Å². The van der Waals surface area contributed by atoms with Crippen LogP contribution in [-0.2, 0) is 9.53 Å². The van der Waals surface area contributed by atoms with Gasteiger partial charge in [0.25, 0.3) is 0 Å². The van der Waals surface area contributed by atoms with Crippen LogP contribution in [0.25, 0.3) is 0 Å². The molecule has 26 heavy (non-hydrogen) atoms. The molecule has 146 valence electrons. The van der Waals surface area contributed by atoms with Crippen molar-refractivity contribution in [1.29, 1.82) is 0 Å². The van der Waals surface area contributed by atoms with Gasteiger partial charge in [-0.25, -0.2) is 0 Å². The predicted molar refractivity (Wildman–Crippen MR) is 99.2 cm³/mol. The molecule has 0 unspecified atom stereocenters. The zero-order valence-corrected chi connectivity index (χ0v) is 16.5. The number of esters is 1. The van der Waals surface area contributed by atoms with Gasteiger partial charge in [-0.1, -0.05) is 26.3 Å². The molecular weight excluding hydrogens is 328 g/mol. The fraction of sp³-hybridized carbons (Fsp3) is 0.864. The summed E-state index contributed by atoms with van der Waals surface area (Å²) in [5.74, 6) is 1.07. The molecule has 0 amide bonds. The van der Waals surface area contributed by atoms with Crippen LogP contribution in [0.5, 0.6) is 0 Å². The highest BCUT2D eigenvalue weighted by atomic mass is 16.5. The minimum atomic E-state index is -0.207. The average Bonchev–Trinajstić information content (AvgIpc) is 2.88. The Balaban J connectivity index is 1.81. The quantitative estimate of drug-likeness (QED) is 0.596. The summed E-state index contributed by atoms with van der Waals surface area (Å²) in [6.45, 7) is 6.51. The van der Waals surface area contributed by atoms with Crippen molar-refractivity contribution >= 4 is 5.97 Å². The van der Waals surface area contributed by atoms with Gasteiger partial charge < -0.3 is 14.9 Å². The van der Waals surface area contributed by atoms with Crippen LogP contribution in [0.15, 0.2) is 11.6 Å². The van der Waals surface area contributed by atoms with Crippen molar-refractivity contribution in [3.05, 3.63) is 11.6 Å². The molecule has 0 aliphatic heterocycles. The molecule has 4 aliphatic rings. The summed E-state index contributed by atoms with van der Waals surface area (Å²) in [6, 6.07) is 0. The summed E-state index contributed by atoms with van der Waals surface area (Å²) in [6.07, 6.45) is 9.72. The van der Waals surface area contributed by atoms with Gasteiger partial charge in [-0.05, 0) is 72.7 Å². The van der Waals surface area contributed by atoms with Crippen molar-refractivity contribution in [2.24, 2.45) is 34.0 Å². The molecule has 3 saturated carbocycles. The van der Waals surface area contributed by atoms with E-state index in [0.717, 1.165) is 44.1 Å². The second-order valence-corrected chi connectivity index (χ2v) is 10.1. The third-order valence-corrected chi connectivity index (χ3v) is 8.83. The Morgan fingerprint density at radius 2 is 2.00 bits per heavy atom. The zero-order chi connectivity index (χ0) is 18.7. The van der Waals surface area contributed by atoms with E-state index in [0.29, 0.717) is 17.8 Å². The van der Waals surface area contributed by atoms with Crippen molar-refractivity contribution in [2.75, 3.05) is 13.2 Å². The maximum atomic E-state index is 11.9. The molecule has 4 nitrogen and oxygen atoms in total. The van der Waals surface area contributed by atoms with E-state index >= 15 is 0 Å². The number of hydrogen-bond donors (Lipinski definition) is 2. The van der Waals surface area contributed by atoms with Crippen LogP contribution in [0.1, 0.15) is 65.7 Å². The Morgan fingerprint density at radius 3 is 2.65 bits per heavy atom. The second kappa shape index (κ2) is 6.07. The summed E-state index contributed by atoms with van der Waals surface area (Å²) in [5, 5.41) is 20.1. The number of rotatable bonds is 3. The Bertz CT molecular complexity index is 628. The number of ether oxygens (including phenoxy) is 1. The van der Waals surface area contributed by atoms with E-state index in [4.69, 9.17) is 4.74 Å². The third kappa shape index (κ3) is 2.37. The lowest BCUT2D eigenvalue weighted by Crippen LogP contribution is -2.62. The molecule has 7 atom stereocenters. The molecule has 1 spiro atoms. The van der Waals surface area contributed by atoms with E-state index in [-0.39, 0.29) is 41.5 Å². The Morgan fingerprint density at radius 1 is 1.23 bits per heavy atom. The van der Waals surface area contributed by atoms with Crippen LogP contribution in [0.3, 0.4) is 0 Å². The zero-order valence-electron chi connectivity index (χ0n) is 16.5. The Kier molecular flexibility index (Phi) is 4.31. The molecule has 4 heteroatoms. The highest BCUT2D eigenvalue weighted by molar-refractivity contribution is 5.66. The minimum Gasteiger partial charge on any atom is -0.462 e. The van der Waals surface area contributed by atoms with E-state index in [9.17, 15) is 15.0 Å². The van der Waals surface area contributed by atoms with Crippen LogP contribution in [0.2, 0.25) is 0 Å². The van der Waals surface area contributed by atoms with Gasteiger partial charge in [0.05, 0.1) is 6.61 Å². The Hall–Kier alpha value is -0.870. The first-order chi connectivity index (χ1) is 12.3. The van der Waals surface area contributed by atoms with E-state index in [1.165, 1.54) is 13.3 Å². The fourth-order valence-corrected chi connectivity index (χ4v) is 7.78. The molecule has 0 aromatic heterocycles. The highest BCUT2D eigenvalue weighted by Gasteiger charge is 2.66. The van der Waals surface area contributed by atoms with Gasteiger partial charge >= 0.3 is 5.97 Å². The lowest BCUT2D eigenvalue weighted by molar-refractivity contribution is -0.208. The van der Waals surface area contributed by atoms with Crippen LogP contribution >= 0.6 is 0 Å². The molecule has 2 N–H and O–H groups in total. The van der Waals surface area contributed by atoms with Crippen LogP contribution in [0, 0.1) is 34.0 Å². The first-order valence-electron chi connectivity index (χ1n) is 10.4. The van der Waals surface area contributed by atoms with E-state index < -0.39 is 0 Å². The summed E-state index contributed by atoms with van der Waals surface area (Å²) in [4.78, 5) is 11.9. The highest BCUT2D eigenvalue weighted by Crippen LogP contribution is 2.71. The largest absolute Gasteiger partial charge is 0.462 e. The SMILES string of the molecule is CC(=O)O[C@H]1C[C@@H]2[C@@](C)(CO)CCC[C@@]2(C)[C@@H]2CC[C@@H]3C[C@]12C=C3CO. The predicted octanol–water partition coefficient (Wildman–Crippen LogP) is 3.46. The van der Waals surface area contributed by atoms with Crippen LogP contribution in [-0.4, -0.2) is 35.5 Å². The third-order valence-electron chi connectivity index (χ3n) is 8.83. The molecule has 0 saturated heterocycles. The van der Waals surface area contributed by atoms with E-state index in [1.807, 2.05) is 0 Å². The van der Waals surface area contributed by atoms with Gasteiger partial charge in [0.2, 0.25) is 0 Å². The van der Waals surface area contributed by atoms with Crippen molar-refractivity contribution in [3.8, 4) is 0 Å². The van der Waals surface area contributed by atoms with Crippen molar-refractivity contribution in [3.63, 3.8) is 0 Å². The topological polar surface area (TPSA) is 66.8 Å². The van der Waals surface area contributed by atoms with Gasteiger partial charge in [0.15, 0.2) is 0 Å². The molecule has 2 bridgehead atoms. The lowest BCUT2D eigenvalue weighted by atomic mass is 9.40. The van der Waals surface area contributed by atoms with Crippen molar-refractivity contribution in [1.82, 2.24) is 0 Å². The molecule has 4 rings (SSSR count). The number of carbonyl (C=O) groups excluding carboxylic acids is 1. The van der Waals surface area contributed by atoms with Crippen molar-refractivity contribution in [2.45, 2.75) is 71.8 Å². The average molecular weight is 363 g/mol. The first kappa shape index (κ1) is 18.5. The van der Waals surface area contributed by atoms with Gasteiger partial charge in [-0.15, -0.1) is 0 Å². The van der Waals surface area contributed by atoms with Gasteiger partial charge in [0.1, 0.15) is 6.10 Å². The van der Waals surface area contributed by atoms with E-state index in [1.54, 1.807) is 0 Å². The smallest absolute Gasteiger partial charge is 0.302 e. The monoisotopic (exact) mass is 362 g/mol. The van der Waals surface area contributed by atoms with Gasteiger partial charge in [0, 0.05) is 18.9 Å².